The number of fused-ring (bicyclic) bond motifs is 1. The molecule has 0 radical (unpaired) electrons. The van der Waals surface area contributed by atoms with E-state index in [1.165, 1.54) is 4.88 Å². The lowest BCUT2D eigenvalue weighted by atomic mass is 10.2. The molecule has 0 atom stereocenters. The van der Waals surface area contributed by atoms with Crippen molar-refractivity contribution in [2.24, 2.45) is 0 Å². The highest BCUT2D eigenvalue weighted by Gasteiger charge is 2.21. The number of carbonyl (C=O) groups is 1. The van der Waals surface area contributed by atoms with Gasteiger partial charge in [-0.2, -0.15) is 0 Å². The Balaban J connectivity index is 1.76. The first-order valence-corrected chi connectivity index (χ1v) is 8.45. The summed E-state index contributed by atoms with van der Waals surface area (Å²) < 4.78 is 1.61. The van der Waals surface area contributed by atoms with Crippen molar-refractivity contribution in [1.82, 2.24) is 19.5 Å². The summed E-state index contributed by atoms with van der Waals surface area (Å²) in [6.07, 6.45) is 3.85. The zero-order valence-corrected chi connectivity index (χ0v) is 13.6. The normalized spacial score (nSPS) is 14.7. The summed E-state index contributed by atoms with van der Waals surface area (Å²) in [5.74, 6) is 0.653. The van der Waals surface area contributed by atoms with Crippen LogP contribution in [0.25, 0.3) is 16.3 Å². The van der Waals surface area contributed by atoms with Crippen LogP contribution in [0, 0.1) is 6.92 Å². The van der Waals surface area contributed by atoms with Crippen LogP contribution in [0.4, 0.5) is 5.69 Å². The third-order valence-corrected chi connectivity index (χ3v) is 5.06. The van der Waals surface area contributed by atoms with Gasteiger partial charge in [-0.05, 0) is 38.0 Å². The van der Waals surface area contributed by atoms with Gasteiger partial charge in [0.25, 0.3) is 5.91 Å². The fourth-order valence-corrected chi connectivity index (χ4v) is 3.69. The number of nitrogens with zero attached hydrogens (tertiary/aromatic N) is 4. The Labute approximate surface area is 137 Å². The van der Waals surface area contributed by atoms with E-state index in [1.54, 1.807) is 28.1 Å². The molecular weight excluding hydrogens is 310 g/mol. The molecule has 0 saturated carbocycles. The average molecular weight is 327 g/mol. The summed E-state index contributed by atoms with van der Waals surface area (Å²) in [6, 6.07) is 5.74. The van der Waals surface area contributed by atoms with Crippen LogP contribution in [-0.4, -0.2) is 38.5 Å². The molecule has 0 aliphatic carbocycles. The average Bonchev–Trinajstić information content (AvgIpc) is 3.25. The monoisotopic (exact) mass is 327 g/mol. The summed E-state index contributed by atoms with van der Waals surface area (Å²) >= 11 is 1.64. The Morgan fingerprint density at radius 2 is 2.09 bits per heavy atom. The summed E-state index contributed by atoms with van der Waals surface area (Å²) in [5.41, 5.74) is 7.73. The van der Waals surface area contributed by atoms with Crippen molar-refractivity contribution in [3.8, 4) is 10.7 Å². The largest absolute Gasteiger partial charge is 0.396 e. The van der Waals surface area contributed by atoms with Gasteiger partial charge in [-0.1, -0.05) is 0 Å². The zero-order valence-electron chi connectivity index (χ0n) is 12.8. The van der Waals surface area contributed by atoms with Gasteiger partial charge in [-0.25, -0.2) is 9.50 Å². The standard InChI is InChI=1S/C16H17N5OS/c1-10-4-5-13(23-10)14-18-15-12(17)8-11(9-21(15)19-14)16(22)20-6-2-3-7-20/h4-5,8-9H,2-3,6-7,17H2,1H3. The van der Waals surface area contributed by atoms with E-state index in [0.717, 1.165) is 30.8 Å². The number of pyridine rings is 1. The highest BCUT2D eigenvalue weighted by molar-refractivity contribution is 7.15. The van der Waals surface area contributed by atoms with Crippen LogP contribution in [0.3, 0.4) is 0 Å². The van der Waals surface area contributed by atoms with Crippen LogP contribution in [0.2, 0.25) is 0 Å². The molecule has 3 aromatic rings. The van der Waals surface area contributed by atoms with E-state index < -0.39 is 0 Å². The lowest BCUT2D eigenvalue weighted by Gasteiger charge is -2.15. The van der Waals surface area contributed by atoms with Gasteiger partial charge in [0.05, 0.1) is 16.1 Å². The number of thiophene rings is 1. The second-order valence-corrected chi connectivity index (χ2v) is 7.09. The maximum atomic E-state index is 12.5. The van der Waals surface area contributed by atoms with Crippen molar-refractivity contribution in [1.29, 1.82) is 0 Å². The number of carbonyl (C=O) groups excluding carboxylic acids is 1. The molecule has 4 heterocycles. The van der Waals surface area contributed by atoms with E-state index in [-0.39, 0.29) is 5.91 Å². The highest BCUT2D eigenvalue weighted by Crippen LogP contribution is 2.27. The van der Waals surface area contributed by atoms with Crippen LogP contribution < -0.4 is 5.73 Å². The maximum absolute atomic E-state index is 12.5. The van der Waals surface area contributed by atoms with E-state index in [0.29, 0.717) is 22.7 Å². The smallest absolute Gasteiger partial charge is 0.255 e. The van der Waals surface area contributed by atoms with E-state index >= 15 is 0 Å². The maximum Gasteiger partial charge on any atom is 0.255 e. The molecule has 4 rings (SSSR count). The predicted molar refractivity (Wildman–Crippen MR) is 90.6 cm³/mol. The molecule has 118 valence electrons. The van der Waals surface area contributed by atoms with Crippen LogP contribution >= 0.6 is 11.3 Å². The molecule has 1 saturated heterocycles. The minimum atomic E-state index is 0.0140. The third-order valence-electron chi connectivity index (χ3n) is 4.06. The number of amides is 1. The Kier molecular flexibility index (Phi) is 3.30. The van der Waals surface area contributed by atoms with Gasteiger partial charge in [0.15, 0.2) is 11.5 Å². The number of nitrogens with two attached hydrogens (primary N) is 1. The summed E-state index contributed by atoms with van der Waals surface area (Å²) in [5, 5.41) is 4.49. The van der Waals surface area contributed by atoms with E-state index in [2.05, 4.69) is 10.1 Å². The van der Waals surface area contributed by atoms with Crippen molar-refractivity contribution in [2.45, 2.75) is 19.8 Å². The summed E-state index contributed by atoms with van der Waals surface area (Å²) in [6.45, 7) is 3.67. The number of nitrogen functional groups attached to an aromatic ring is 1. The first-order chi connectivity index (χ1) is 11.1. The topological polar surface area (TPSA) is 76.5 Å². The van der Waals surface area contributed by atoms with Crippen LogP contribution in [0.15, 0.2) is 24.4 Å². The SMILES string of the molecule is Cc1ccc(-c2nc3c(N)cc(C(=O)N4CCCC4)cn3n2)s1. The molecule has 1 aliphatic heterocycles. The van der Waals surface area contributed by atoms with Gasteiger partial charge in [0.1, 0.15) is 0 Å². The van der Waals surface area contributed by atoms with E-state index in [9.17, 15) is 4.79 Å². The van der Waals surface area contributed by atoms with Gasteiger partial charge in [-0.15, -0.1) is 16.4 Å². The molecule has 0 spiro atoms. The minimum absolute atomic E-state index is 0.0140. The number of anilines is 1. The number of hydrogen-bond acceptors (Lipinski definition) is 5. The fourth-order valence-electron chi connectivity index (χ4n) is 2.89. The molecule has 3 aromatic heterocycles. The molecule has 2 N–H and O–H groups in total. The lowest BCUT2D eigenvalue weighted by molar-refractivity contribution is 0.0792. The Hall–Kier alpha value is -2.41. The third kappa shape index (κ3) is 2.46. The van der Waals surface area contributed by atoms with Crippen molar-refractivity contribution in [3.63, 3.8) is 0 Å². The van der Waals surface area contributed by atoms with Gasteiger partial charge in [-0.3, -0.25) is 4.79 Å². The molecule has 7 heteroatoms. The van der Waals surface area contributed by atoms with E-state index in [1.807, 2.05) is 24.0 Å². The van der Waals surface area contributed by atoms with Gasteiger partial charge >= 0.3 is 0 Å². The summed E-state index contributed by atoms with van der Waals surface area (Å²) in [7, 11) is 0. The molecule has 6 nitrogen and oxygen atoms in total. The molecule has 23 heavy (non-hydrogen) atoms. The van der Waals surface area contributed by atoms with Crippen molar-refractivity contribution < 1.29 is 4.79 Å². The molecule has 0 aromatic carbocycles. The van der Waals surface area contributed by atoms with E-state index in [4.69, 9.17) is 5.73 Å². The predicted octanol–water partition coefficient (Wildman–Crippen LogP) is 2.58. The Morgan fingerprint density at radius 1 is 1.30 bits per heavy atom. The zero-order chi connectivity index (χ0) is 16.0. The summed E-state index contributed by atoms with van der Waals surface area (Å²) in [4.78, 5) is 21.1. The van der Waals surface area contributed by atoms with Crippen molar-refractivity contribution >= 4 is 28.6 Å². The van der Waals surface area contributed by atoms with Gasteiger partial charge in [0.2, 0.25) is 0 Å². The molecule has 0 unspecified atom stereocenters. The molecule has 1 amide bonds. The highest BCUT2D eigenvalue weighted by atomic mass is 32.1. The number of aromatic nitrogens is 3. The van der Waals surface area contributed by atoms with Gasteiger partial charge < -0.3 is 10.6 Å². The van der Waals surface area contributed by atoms with Crippen LogP contribution in [-0.2, 0) is 0 Å². The fraction of sp³-hybridized carbons (Fsp3) is 0.312. The molecule has 1 aliphatic rings. The number of likely N-dealkylation sites (tertiary alicyclic amines) is 1. The second-order valence-electron chi connectivity index (χ2n) is 5.80. The molecule has 0 bridgehead atoms. The molecular formula is C16H17N5OS. The second kappa shape index (κ2) is 5.34. The number of hydrogen-bond donors (Lipinski definition) is 1. The first-order valence-electron chi connectivity index (χ1n) is 7.64. The van der Waals surface area contributed by atoms with Gasteiger partial charge in [0, 0.05) is 24.2 Å². The van der Waals surface area contributed by atoms with Crippen LogP contribution in [0.1, 0.15) is 28.1 Å². The van der Waals surface area contributed by atoms with Crippen molar-refractivity contribution in [2.75, 3.05) is 18.8 Å². The Bertz CT molecular complexity index is 891. The number of rotatable bonds is 2. The van der Waals surface area contributed by atoms with Crippen molar-refractivity contribution in [3.05, 3.63) is 34.8 Å². The molecule has 1 fully saturated rings. The van der Waals surface area contributed by atoms with Crippen LogP contribution in [0.5, 0.6) is 0 Å². The minimum Gasteiger partial charge on any atom is -0.396 e. The number of aryl methyl sites for hydroxylation is 1. The quantitative estimate of drug-likeness (QED) is 0.785. The first kappa shape index (κ1) is 14.2. The Morgan fingerprint density at radius 3 is 2.78 bits per heavy atom. The lowest BCUT2D eigenvalue weighted by Crippen LogP contribution is -2.28.